The van der Waals surface area contributed by atoms with Gasteiger partial charge >= 0.3 is 122 Å². The number of halogens is 2. The van der Waals surface area contributed by atoms with Crippen LogP contribution in [0.5, 0.6) is 0 Å². The quantitative estimate of drug-likeness (QED) is 0.666. The molecule has 3 rings (SSSR count). The Labute approximate surface area is 146 Å². The molecule has 0 fully saturated rings. The standard InChI is InChI=1S/C8H6N.C5H5.C3H6.2CH3.2ClH.Zr/c1-2-4-8-7(3-1)5-6-9-8;1-2-4-5-3-1;1-3-2;;;;;/h1-5,9H;1-3H,4H2;1-2H3;2*1H3;2*1H;. The summed E-state index contributed by atoms with van der Waals surface area (Å²) < 4.78 is 9.88. The monoisotopic (exact) mass is 415 g/mol. The van der Waals surface area contributed by atoms with Crippen molar-refractivity contribution in [1.29, 1.82) is 0 Å². The van der Waals surface area contributed by atoms with Crippen LogP contribution in [0, 0.1) is 0 Å². The molecule has 0 saturated carbocycles. The van der Waals surface area contributed by atoms with Gasteiger partial charge in [-0.3, -0.25) is 0 Å². The summed E-state index contributed by atoms with van der Waals surface area (Å²) in [6, 6.07) is 11.0. The molecule has 1 aromatic carbocycles. The normalized spacial score (nSPS) is 14.3. The van der Waals surface area contributed by atoms with Gasteiger partial charge in [0.15, 0.2) is 0 Å². The van der Waals surface area contributed by atoms with Crippen LogP contribution >= 0.6 is 24.8 Å². The molecule has 0 bridgehead atoms. The van der Waals surface area contributed by atoms with Gasteiger partial charge in [-0.2, -0.15) is 0 Å². The average Bonchev–Trinajstić information content (AvgIpc) is 3.08. The number of nitrogens with one attached hydrogen (secondary N) is 1. The van der Waals surface area contributed by atoms with Crippen molar-refractivity contribution in [1.82, 2.24) is 4.98 Å². The second-order valence-corrected chi connectivity index (χ2v) is 24.0. The van der Waals surface area contributed by atoms with Crippen LogP contribution in [0.15, 0.2) is 51.8 Å². The second kappa shape index (κ2) is 6.59. The van der Waals surface area contributed by atoms with E-state index in [2.05, 4.69) is 76.7 Å². The van der Waals surface area contributed by atoms with E-state index in [4.69, 9.17) is 0 Å². The SMILES string of the molecule is C[C](C)=[Zr]([CH3])([CH3])([C]1=CC=CC1)[c]1cc2ccccc2[nH]1.Cl.Cl. The van der Waals surface area contributed by atoms with Crippen molar-refractivity contribution < 1.29 is 18.3 Å². The maximum absolute atomic E-state index is 3.74. The number of hydrogen-bond donors (Lipinski definition) is 1. The molecule has 4 heteroatoms. The molecule has 1 heterocycles. The van der Waals surface area contributed by atoms with Crippen LogP contribution in [0.2, 0.25) is 9.26 Å². The summed E-state index contributed by atoms with van der Waals surface area (Å²) in [6.07, 6.45) is 8.01. The van der Waals surface area contributed by atoms with E-state index in [-0.39, 0.29) is 24.8 Å². The number of benzene rings is 1. The maximum Gasteiger partial charge on any atom is -0.147 e. The third-order valence-corrected chi connectivity index (χ3v) is 23.2. The molecule has 0 aliphatic heterocycles. The summed E-state index contributed by atoms with van der Waals surface area (Å²) in [5.41, 5.74) is 1.26. The first-order valence-electron chi connectivity index (χ1n) is 7.37. The maximum atomic E-state index is 3.74. The molecule has 1 aliphatic carbocycles. The molecule has 0 atom stereocenters. The number of H-pyrrole nitrogens is 1. The van der Waals surface area contributed by atoms with Crippen LogP contribution in [0.4, 0.5) is 0 Å². The van der Waals surface area contributed by atoms with Crippen molar-refractivity contribution in [2.45, 2.75) is 29.5 Å². The number of para-hydroxylation sites is 1. The molecule has 120 valence electrons. The van der Waals surface area contributed by atoms with Gasteiger partial charge in [-0.25, -0.2) is 0 Å². The summed E-state index contributed by atoms with van der Waals surface area (Å²) in [5, 5.41) is 1.33. The number of aromatic amines is 1. The molecule has 1 aliphatic rings. The summed E-state index contributed by atoms with van der Waals surface area (Å²) >= 11 is -3.23. The fourth-order valence-electron chi connectivity index (χ4n) is 3.24. The second-order valence-electron chi connectivity index (χ2n) is 6.97. The summed E-state index contributed by atoms with van der Waals surface area (Å²) in [4.78, 5) is 3.74. The van der Waals surface area contributed by atoms with Crippen LogP contribution in [0.1, 0.15) is 20.3 Å². The van der Waals surface area contributed by atoms with Crippen LogP contribution in [0.3, 0.4) is 0 Å². The van der Waals surface area contributed by atoms with E-state index in [1.54, 1.807) is 6.49 Å². The zero-order chi connectivity index (χ0) is 14.4. The number of fused-ring (bicyclic) bond motifs is 1. The molecule has 2 aromatic rings. The minimum atomic E-state index is -3.23. The van der Waals surface area contributed by atoms with E-state index in [0.717, 1.165) is 6.42 Å². The summed E-state index contributed by atoms with van der Waals surface area (Å²) in [6.45, 7) is 4.66. The molecular formula is C18H25Cl2NZr. The first-order valence-corrected chi connectivity index (χ1v) is 16.0. The van der Waals surface area contributed by atoms with Gasteiger partial charge in [0.05, 0.1) is 0 Å². The fourth-order valence-corrected chi connectivity index (χ4v) is 13.0. The molecule has 0 spiro atoms. The minimum absolute atomic E-state index is 0. The van der Waals surface area contributed by atoms with E-state index in [9.17, 15) is 0 Å². The Morgan fingerprint density at radius 1 is 1.09 bits per heavy atom. The van der Waals surface area contributed by atoms with Gasteiger partial charge in [-0.1, -0.05) is 0 Å². The molecule has 1 aromatic heterocycles. The molecule has 1 N–H and O–H groups in total. The van der Waals surface area contributed by atoms with Gasteiger partial charge in [-0.05, 0) is 0 Å². The zero-order valence-electron chi connectivity index (χ0n) is 13.6. The summed E-state index contributed by atoms with van der Waals surface area (Å²) in [5.74, 6) is 0. The molecule has 1 nitrogen and oxygen atoms in total. The van der Waals surface area contributed by atoms with Crippen molar-refractivity contribution in [2.75, 3.05) is 0 Å². The Morgan fingerprint density at radius 3 is 2.32 bits per heavy atom. The van der Waals surface area contributed by atoms with E-state index in [1.165, 1.54) is 14.3 Å². The Hall–Kier alpha value is -0.427. The van der Waals surface area contributed by atoms with Gasteiger partial charge < -0.3 is 0 Å². The van der Waals surface area contributed by atoms with Crippen molar-refractivity contribution in [3.63, 3.8) is 0 Å². The predicted octanol–water partition coefficient (Wildman–Crippen LogP) is 5.48. The van der Waals surface area contributed by atoms with Crippen LogP contribution in [-0.4, -0.2) is 8.19 Å². The smallest absolute Gasteiger partial charge is 0.147 e. The third-order valence-electron chi connectivity index (χ3n) is 5.57. The van der Waals surface area contributed by atoms with Gasteiger partial charge in [0.2, 0.25) is 0 Å². The Morgan fingerprint density at radius 2 is 1.77 bits per heavy atom. The van der Waals surface area contributed by atoms with Crippen LogP contribution in [0.25, 0.3) is 10.9 Å². The van der Waals surface area contributed by atoms with Gasteiger partial charge in [-0.15, -0.1) is 24.8 Å². The molecule has 0 radical (unpaired) electrons. The van der Waals surface area contributed by atoms with Gasteiger partial charge in [0.25, 0.3) is 0 Å². The van der Waals surface area contributed by atoms with Gasteiger partial charge in [0.1, 0.15) is 0 Å². The summed E-state index contributed by atoms with van der Waals surface area (Å²) in [7, 11) is 0. The first-order chi connectivity index (χ1) is 9.42. The van der Waals surface area contributed by atoms with E-state index >= 15 is 0 Å². The van der Waals surface area contributed by atoms with Crippen molar-refractivity contribution >= 4 is 42.3 Å². The van der Waals surface area contributed by atoms with Crippen molar-refractivity contribution in [2.24, 2.45) is 0 Å². The van der Waals surface area contributed by atoms with E-state index < -0.39 is 18.3 Å². The van der Waals surface area contributed by atoms with Gasteiger partial charge in [0, 0.05) is 0 Å². The molecule has 0 saturated heterocycles. The predicted molar refractivity (Wildman–Crippen MR) is 102 cm³/mol. The number of hydrogen-bond acceptors (Lipinski definition) is 0. The van der Waals surface area contributed by atoms with E-state index in [0.29, 0.717) is 0 Å². The average molecular weight is 418 g/mol. The minimum Gasteiger partial charge on any atom is -0.147 e. The first kappa shape index (κ1) is 19.6. The van der Waals surface area contributed by atoms with Crippen molar-refractivity contribution in [3.05, 3.63) is 51.8 Å². The Balaban J connectivity index is 0.00000121. The number of aromatic nitrogens is 1. The molecule has 22 heavy (non-hydrogen) atoms. The fraction of sp³-hybridized carbons (Fsp3) is 0.278. The molecular weight excluding hydrogens is 392 g/mol. The number of rotatable bonds is 2. The molecule has 0 unspecified atom stereocenters. The zero-order valence-corrected chi connectivity index (χ0v) is 17.7. The largest absolute Gasteiger partial charge is 0.147 e. The van der Waals surface area contributed by atoms with E-state index in [1.807, 2.05) is 0 Å². The molecule has 0 amide bonds. The van der Waals surface area contributed by atoms with Crippen LogP contribution in [-0.2, 0) is 18.3 Å². The number of allylic oxidation sites excluding steroid dienone is 4. The Bertz CT molecular complexity index is 781. The van der Waals surface area contributed by atoms with Crippen LogP contribution < -0.4 is 3.40 Å². The van der Waals surface area contributed by atoms with Crippen molar-refractivity contribution in [3.8, 4) is 0 Å². The topological polar surface area (TPSA) is 15.8 Å². The third kappa shape index (κ3) is 2.75. The Kier molecular flexibility index (Phi) is 5.88.